The van der Waals surface area contributed by atoms with Crippen molar-refractivity contribution >= 4 is 21.6 Å². The molecular weight excluding hydrogens is 282 g/mol. The lowest BCUT2D eigenvalue weighted by Crippen LogP contribution is -2.05. The number of hydrogen-bond donors (Lipinski definition) is 1. The number of nitrogens with two attached hydrogens (primary N) is 1. The van der Waals surface area contributed by atoms with Crippen LogP contribution in [0.3, 0.4) is 0 Å². The average molecular weight is 294 g/mol. The average Bonchev–Trinajstić information content (AvgIpc) is 2.34. The van der Waals surface area contributed by atoms with E-state index in [1.54, 1.807) is 12.4 Å². The molecule has 0 spiro atoms. The molecule has 0 bridgehead atoms. The summed E-state index contributed by atoms with van der Waals surface area (Å²) in [6.45, 7) is 0.534. The molecule has 17 heavy (non-hydrogen) atoms. The Morgan fingerprint density at radius 2 is 1.88 bits per heavy atom. The number of rotatable bonds is 4. The van der Waals surface area contributed by atoms with Crippen LogP contribution >= 0.6 is 15.9 Å². The van der Waals surface area contributed by atoms with Gasteiger partial charge in [0.05, 0.1) is 29.2 Å². The highest BCUT2D eigenvalue weighted by Crippen LogP contribution is 2.23. The summed E-state index contributed by atoms with van der Waals surface area (Å²) < 4.78 is 6.56. The van der Waals surface area contributed by atoms with Crippen LogP contribution in [-0.4, -0.2) is 16.6 Å². The van der Waals surface area contributed by atoms with Crippen molar-refractivity contribution in [1.29, 1.82) is 0 Å². The number of halogens is 1. The highest BCUT2D eigenvalue weighted by atomic mass is 79.9. The molecule has 0 saturated carbocycles. The molecule has 2 aromatic rings. The lowest BCUT2D eigenvalue weighted by Gasteiger charge is -2.07. The summed E-state index contributed by atoms with van der Waals surface area (Å²) in [5, 5.41) is 0. The van der Waals surface area contributed by atoms with Crippen LogP contribution in [0.2, 0.25) is 0 Å². The van der Waals surface area contributed by atoms with Gasteiger partial charge in [0.15, 0.2) is 0 Å². The number of ether oxygens (including phenoxy) is 1. The van der Waals surface area contributed by atoms with Gasteiger partial charge in [-0.25, -0.2) is 9.97 Å². The van der Waals surface area contributed by atoms with Gasteiger partial charge in [-0.2, -0.15) is 0 Å². The van der Waals surface area contributed by atoms with E-state index in [1.165, 1.54) is 0 Å². The smallest absolute Gasteiger partial charge is 0.133 e. The van der Waals surface area contributed by atoms with Gasteiger partial charge in [0.1, 0.15) is 11.6 Å². The molecule has 1 aromatic carbocycles. The van der Waals surface area contributed by atoms with E-state index in [9.17, 15) is 0 Å². The molecule has 5 heteroatoms. The molecule has 0 atom stereocenters. The molecule has 1 heterocycles. The van der Waals surface area contributed by atoms with Crippen LogP contribution in [0.1, 0.15) is 5.82 Å². The van der Waals surface area contributed by atoms with Gasteiger partial charge in [0.25, 0.3) is 0 Å². The first kappa shape index (κ1) is 11.9. The Balaban J connectivity index is 1.88. The molecule has 0 aliphatic heterocycles. The minimum atomic E-state index is 0.534. The normalized spacial score (nSPS) is 10.2. The SMILES string of the molecule is Nc1cnc(CCOc2ccccc2Br)nc1. The summed E-state index contributed by atoms with van der Waals surface area (Å²) >= 11 is 3.42. The summed E-state index contributed by atoms with van der Waals surface area (Å²) in [5.74, 6) is 1.55. The number of nitrogen functional groups attached to an aromatic ring is 1. The van der Waals surface area contributed by atoms with Crippen molar-refractivity contribution in [2.75, 3.05) is 12.3 Å². The molecule has 0 aliphatic carbocycles. The Bertz CT molecular complexity index is 487. The van der Waals surface area contributed by atoms with Crippen LogP contribution in [0.25, 0.3) is 0 Å². The maximum absolute atomic E-state index is 5.61. The monoisotopic (exact) mass is 293 g/mol. The maximum atomic E-state index is 5.61. The number of nitrogens with zero attached hydrogens (tertiary/aromatic N) is 2. The molecule has 2 N–H and O–H groups in total. The van der Waals surface area contributed by atoms with Crippen LogP contribution in [0, 0.1) is 0 Å². The first-order valence-corrected chi connectivity index (χ1v) is 5.99. The van der Waals surface area contributed by atoms with E-state index in [2.05, 4.69) is 25.9 Å². The third-order valence-corrected chi connectivity index (χ3v) is 2.80. The molecule has 4 nitrogen and oxygen atoms in total. The van der Waals surface area contributed by atoms with E-state index >= 15 is 0 Å². The highest BCUT2D eigenvalue weighted by molar-refractivity contribution is 9.10. The van der Waals surface area contributed by atoms with Gasteiger partial charge in [-0.15, -0.1) is 0 Å². The second-order valence-corrected chi connectivity index (χ2v) is 4.32. The lowest BCUT2D eigenvalue weighted by molar-refractivity contribution is 0.317. The fourth-order valence-electron chi connectivity index (χ4n) is 1.31. The second-order valence-electron chi connectivity index (χ2n) is 3.46. The zero-order valence-electron chi connectivity index (χ0n) is 9.14. The van der Waals surface area contributed by atoms with E-state index < -0.39 is 0 Å². The summed E-state index contributed by atoms with van der Waals surface area (Å²) in [6, 6.07) is 7.73. The maximum Gasteiger partial charge on any atom is 0.133 e. The van der Waals surface area contributed by atoms with Gasteiger partial charge in [0.2, 0.25) is 0 Å². The van der Waals surface area contributed by atoms with Crippen molar-refractivity contribution in [2.24, 2.45) is 0 Å². The van der Waals surface area contributed by atoms with E-state index in [1.807, 2.05) is 24.3 Å². The van der Waals surface area contributed by atoms with Gasteiger partial charge < -0.3 is 10.5 Å². The van der Waals surface area contributed by atoms with Crippen molar-refractivity contribution in [3.8, 4) is 5.75 Å². The summed E-state index contributed by atoms with van der Waals surface area (Å²) in [4.78, 5) is 8.21. The van der Waals surface area contributed by atoms with Crippen molar-refractivity contribution in [3.05, 3.63) is 47.0 Å². The van der Waals surface area contributed by atoms with Crippen LogP contribution in [0.4, 0.5) is 5.69 Å². The van der Waals surface area contributed by atoms with Gasteiger partial charge in [0, 0.05) is 6.42 Å². The Morgan fingerprint density at radius 1 is 1.18 bits per heavy atom. The van der Waals surface area contributed by atoms with Gasteiger partial charge in [-0.3, -0.25) is 0 Å². The van der Waals surface area contributed by atoms with E-state index in [-0.39, 0.29) is 0 Å². The van der Waals surface area contributed by atoms with Crippen molar-refractivity contribution in [2.45, 2.75) is 6.42 Å². The van der Waals surface area contributed by atoms with Gasteiger partial charge >= 0.3 is 0 Å². The third kappa shape index (κ3) is 3.42. The summed E-state index contributed by atoms with van der Waals surface area (Å²) in [7, 11) is 0. The number of aromatic nitrogens is 2. The fourth-order valence-corrected chi connectivity index (χ4v) is 1.71. The molecule has 0 aliphatic rings. The zero-order valence-corrected chi connectivity index (χ0v) is 10.7. The molecule has 88 valence electrons. The molecular formula is C12H12BrN3O. The van der Waals surface area contributed by atoms with E-state index in [0.717, 1.165) is 16.0 Å². The fraction of sp³-hybridized carbons (Fsp3) is 0.167. The van der Waals surface area contributed by atoms with E-state index in [0.29, 0.717) is 18.7 Å². The molecule has 0 fully saturated rings. The third-order valence-electron chi connectivity index (χ3n) is 2.15. The van der Waals surface area contributed by atoms with Gasteiger partial charge in [-0.05, 0) is 28.1 Å². The Hall–Kier alpha value is -1.62. The van der Waals surface area contributed by atoms with Crippen LogP contribution < -0.4 is 10.5 Å². The van der Waals surface area contributed by atoms with Gasteiger partial charge in [-0.1, -0.05) is 12.1 Å². The van der Waals surface area contributed by atoms with Crippen LogP contribution in [0.5, 0.6) is 5.75 Å². The predicted molar refractivity (Wildman–Crippen MR) is 69.8 cm³/mol. The van der Waals surface area contributed by atoms with E-state index in [4.69, 9.17) is 10.5 Å². The topological polar surface area (TPSA) is 61.0 Å². The number of benzene rings is 1. The second kappa shape index (κ2) is 5.63. The van der Waals surface area contributed by atoms with Crippen molar-refractivity contribution < 1.29 is 4.74 Å². The minimum Gasteiger partial charge on any atom is -0.492 e. The molecule has 0 saturated heterocycles. The molecule has 0 radical (unpaired) electrons. The van der Waals surface area contributed by atoms with Crippen LogP contribution in [0.15, 0.2) is 41.1 Å². The first-order chi connectivity index (χ1) is 8.25. The van der Waals surface area contributed by atoms with Crippen molar-refractivity contribution in [1.82, 2.24) is 9.97 Å². The van der Waals surface area contributed by atoms with Crippen LogP contribution in [-0.2, 0) is 6.42 Å². The lowest BCUT2D eigenvalue weighted by atomic mass is 10.3. The Kier molecular flexibility index (Phi) is 3.93. The Morgan fingerprint density at radius 3 is 2.59 bits per heavy atom. The zero-order chi connectivity index (χ0) is 12.1. The molecule has 0 amide bonds. The molecule has 1 aromatic heterocycles. The minimum absolute atomic E-state index is 0.534. The molecule has 0 unspecified atom stereocenters. The Labute approximate surface area is 108 Å². The number of anilines is 1. The summed E-state index contributed by atoms with van der Waals surface area (Å²) in [6.07, 6.45) is 3.85. The highest BCUT2D eigenvalue weighted by Gasteiger charge is 2.00. The quantitative estimate of drug-likeness (QED) is 0.941. The summed E-state index contributed by atoms with van der Waals surface area (Å²) in [5.41, 5.74) is 6.07. The predicted octanol–water partition coefficient (Wildman–Crippen LogP) is 2.44. The first-order valence-electron chi connectivity index (χ1n) is 5.19. The number of para-hydroxylation sites is 1. The number of hydrogen-bond acceptors (Lipinski definition) is 4. The van der Waals surface area contributed by atoms with Crippen molar-refractivity contribution in [3.63, 3.8) is 0 Å². The standard InChI is InChI=1S/C12H12BrN3O/c13-10-3-1-2-4-11(10)17-6-5-12-15-7-9(14)8-16-12/h1-4,7-8H,5-6,14H2. The largest absolute Gasteiger partial charge is 0.492 e. The molecule has 2 rings (SSSR count).